The molecule has 19 heavy (non-hydrogen) atoms. The topological polar surface area (TPSA) is 62.7 Å². The molecular weight excluding hydrogens is 258 g/mol. The Kier molecular flexibility index (Phi) is 3.02. The maximum absolute atomic E-state index is 9.07. The van der Waals surface area contributed by atoms with Gasteiger partial charge in [-0.3, -0.25) is 0 Å². The molecule has 4 nitrogen and oxygen atoms in total. The fourth-order valence-electron chi connectivity index (χ4n) is 1.92. The standard InChI is InChI=1S/C14H11N3OS/c1-2-9(6-15)14-17-12(7-19-14)10-3-4-11-13(5-10)18-8-16-11/h3-5,7-9H,2H2,1H3. The first-order valence-electron chi connectivity index (χ1n) is 6.00. The highest BCUT2D eigenvalue weighted by atomic mass is 32.1. The predicted octanol–water partition coefficient (Wildman–Crippen LogP) is 3.97. The molecule has 3 aromatic rings. The second kappa shape index (κ2) is 4.82. The summed E-state index contributed by atoms with van der Waals surface area (Å²) in [4.78, 5) is 8.63. The fraction of sp³-hybridized carbons (Fsp3) is 0.214. The van der Waals surface area contributed by atoms with Crippen molar-refractivity contribution < 1.29 is 4.42 Å². The van der Waals surface area contributed by atoms with Gasteiger partial charge in [-0.25, -0.2) is 9.97 Å². The molecule has 0 spiro atoms. The molecule has 0 aliphatic rings. The number of nitriles is 1. The lowest BCUT2D eigenvalue weighted by Crippen LogP contribution is -1.92. The molecule has 2 heterocycles. The van der Waals surface area contributed by atoms with E-state index in [1.165, 1.54) is 17.7 Å². The summed E-state index contributed by atoms with van der Waals surface area (Å²) in [7, 11) is 0. The molecule has 0 radical (unpaired) electrons. The predicted molar refractivity (Wildman–Crippen MR) is 73.8 cm³/mol. The zero-order valence-corrected chi connectivity index (χ0v) is 11.1. The summed E-state index contributed by atoms with van der Waals surface area (Å²) < 4.78 is 5.29. The number of benzene rings is 1. The number of nitrogens with zero attached hydrogens (tertiary/aromatic N) is 3. The Bertz CT molecular complexity index is 753. The monoisotopic (exact) mass is 269 g/mol. The minimum absolute atomic E-state index is 0.118. The summed E-state index contributed by atoms with van der Waals surface area (Å²) >= 11 is 1.53. The summed E-state index contributed by atoms with van der Waals surface area (Å²) in [5.74, 6) is -0.118. The third kappa shape index (κ3) is 2.11. The first-order chi connectivity index (χ1) is 9.31. The van der Waals surface area contributed by atoms with Gasteiger partial charge < -0.3 is 4.42 Å². The van der Waals surface area contributed by atoms with Gasteiger partial charge in [-0.2, -0.15) is 5.26 Å². The normalized spacial score (nSPS) is 12.4. The van der Waals surface area contributed by atoms with E-state index in [4.69, 9.17) is 9.68 Å². The van der Waals surface area contributed by atoms with E-state index in [-0.39, 0.29) is 5.92 Å². The second-order valence-corrected chi connectivity index (χ2v) is 5.09. The molecule has 0 fully saturated rings. The van der Waals surface area contributed by atoms with Gasteiger partial charge in [-0.1, -0.05) is 13.0 Å². The first kappa shape index (κ1) is 11.9. The van der Waals surface area contributed by atoms with Crippen molar-refractivity contribution in [3.8, 4) is 17.3 Å². The molecule has 0 amide bonds. The summed E-state index contributed by atoms with van der Waals surface area (Å²) in [6, 6.07) is 8.08. The minimum atomic E-state index is -0.118. The molecule has 1 atom stereocenters. The second-order valence-electron chi connectivity index (χ2n) is 4.20. The van der Waals surface area contributed by atoms with Crippen molar-refractivity contribution in [1.82, 2.24) is 9.97 Å². The van der Waals surface area contributed by atoms with Crippen molar-refractivity contribution in [2.45, 2.75) is 19.3 Å². The highest BCUT2D eigenvalue weighted by Gasteiger charge is 2.14. The third-order valence-corrected chi connectivity index (χ3v) is 3.97. The van der Waals surface area contributed by atoms with Crippen molar-refractivity contribution in [3.05, 3.63) is 35.0 Å². The van der Waals surface area contributed by atoms with Gasteiger partial charge >= 0.3 is 0 Å². The molecule has 3 rings (SSSR count). The molecule has 5 heteroatoms. The number of hydrogen-bond donors (Lipinski definition) is 0. The van der Waals surface area contributed by atoms with E-state index < -0.39 is 0 Å². The highest BCUT2D eigenvalue weighted by Crippen LogP contribution is 2.29. The Labute approximate surface area is 114 Å². The van der Waals surface area contributed by atoms with Crippen LogP contribution in [0.3, 0.4) is 0 Å². The van der Waals surface area contributed by atoms with Gasteiger partial charge in [0.05, 0.1) is 17.7 Å². The van der Waals surface area contributed by atoms with E-state index in [1.807, 2.05) is 30.5 Å². The van der Waals surface area contributed by atoms with Crippen LogP contribution in [-0.4, -0.2) is 9.97 Å². The Hall–Kier alpha value is -2.19. The maximum atomic E-state index is 9.07. The van der Waals surface area contributed by atoms with Gasteiger partial charge in [0, 0.05) is 10.9 Å². The number of hydrogen-bond acceptors (Lipinski definition) is 5. The van der Waals surface area contributed by atoms with E-state index in [1.54, 1.807) is 0 Å². The van der Waals surface area contributed by atoms with Crippen LogP contribution in [-0.2, 0) is 0 Å². The van der Waals surface area contributed by atoms with Crippen molar-refractivity contribution in [1.29, 1.82) is 5.26 Å². The van der Waals surface area contributed by atoms with Crippen LogP contribution in [0.5, 0.6) is 0 Å². The van der Waals surface area contributed by atoms with Crippen molar-refractivity contribution in [2.24, 2.45) is 0 Å². The molecule has 0 saturated heterocycles. The van der Waals surface area contributed by atoms with Crippen molar-refractivity contribution in [3.63, 3.8) is 0 Å². The van der Waals surface area contributed by atoms with Crippen LogP contribution < -0.4 is 0 Å². The smallest absolute Gasteiger partial charge is 0.181 e. The van der Waals surface area contributed by atoms with Gasteiger partial charge in [0.2, 0.25) is 0 Å². The van der Waals surface area contributed by atoms with Gasteiger partial charge in [0.15, 0.2) is 12.0 Å². The van der Waals surface area contributed by atoms with Crippen LogP contribution in [0.1, 0.15) is 24.3 Å². The Morgan fingerprint density at radius 1 is 1.47 bits per heavy atom. The molecule has 0 saturated carbocycles. The zero-order valence-electron chi connectivity index (χ0n) is 10.3. The number of thiazole rings is 1. The lowest BCUT2D eigenvalue weighted by molar-refractivity contribution is 0.602. The van der Waals surface area contributed by atoms with Crippen LogP contribution in [0.4, 0.5) is 0 Å². The van der Waals surface area contributed by atoms with Gasteiger partial charge in [-0.15, -0.1) is 11.3 Å². The van der Waals surface area contributed by atoms with E-state index >= 15 is 0 Å². The van der Waals surface area contributed by atoms with Crippen molar-refractivity contribution in [2.75, 3.05) is 0 Å². The van der Waals surface area contributed by atoms with E-state index in [2.05, 4.69) is 16.0 Å². The van der Waals surface area contributed by atoms with Crippen molar-refractivity contribution >= 4 is 22.4 Å². The summed E-state index contributed by atoms with van der Waals surface area (Å²) in [5.41, 5.74) is 3.45. The quantitative estimate of drug-likeness (QED) is 0.721. The third-order valence-electron chi connectivity index (χ3n) is 3.01. The van der Waals surface area contributed by atoms with Crippen LogP contribution in [0, 0.1) is 11.3 Å². The zero-order chi connectivity index (χ0) is 13.2. The van der Waals surface area contributed by atoms with E-state index in [9.17, 15) is 0 Å². The number of aromatic nitrogens is 2. The highest BCUT2D eigenvalue weighted by molar-refractivity contribution is 7.10. The minimum Gasteiger partial charge on any atom is -0.443 e. The molecule has 94 valence electrons. The Balaban J connectivity index is 2.00. The number of oxazole rings is 1. The van der Waals surface area contributed by atoms with E-state index in [0.29, 0.717) is 0 Å². The Morgan fingerprint density at radius 3 is 3.16 bits per heavy atom. The van der Waals surface area contributed by atoms with Gasteiger partial charge in [0.1, 0.15) is 10.5 Å². The number of fused-ring (bicyclic) bond motifs is 1. The molecule has 1 unspecified atom stereocenters. The molecule has 0 bridgehead atoms. The molecule has 0 aliphatic carbocycles. The molecular formula is C14H11N3OS. The largest absolute Gasteiger partial charge is 0.443 e. The van der Waals surface area contributed by atoms with Gasteiger partial charge in [0.25, 0.3) is 0 Å². The maximum Gasteiger partial charge on any atom is 0.181 e. The lowest BCUT2D eigenvalue weighted by Gasteiger charge is -1.99. The summed E-state index contributed by atoms with van der Waals surface area (Å²) in [5, 5.41) is 11.9. The average Bonchev–Trinajstić information content (AvgIpc) is 3.08. The fourth-order valence-corrected chi connectivity index (χ4v) is 2.87. The SMILES string of the molecule is CCC(C#N)c1nc(-c2ccc3ncoc3c2)cs1. The summed E-state index contributed by atoms with van der Waals surface area (Å²) in [6.45, 7) is 2.00. The van der Waals surface area contributed by atoms with Crippen LogP contribution in [0.25, 0.3) is 22.4 Å². The van der Waals surface area contributed by atoms with Crippen LogP contribution in [0.2, 0.25) is 0 Å². The van der Waals surface area contributed by atoms with Crippen LogP contribution >= 0.6 is 11.3 Å². The van der Waals surface area contributed by atoms with Gasteiger partial charge in [-0.05, 0) is 18.6 Å². The Morgan fingerprint density at radius 2 is 2.37 bits per heavy atom. The summed E-state index contributed by atoms with van der Waals surface area (Å²) in [6.07, 6.45) is 2.22. The molecule has 2 aromatic heterocycles. The average molecular weight is 269 g/mol. The van der Waals surface area contributed by atoms with Crippen LogP contribution in [0.15, 0.2) is 34.4 Å². The molecule has 0 aliphatic heterocycles. The lowest BCUT2D eigenvalue weighted by atomic mass is 10.1. The first-order valence-corrected chi connectivity index (χ1v) is 6.88. The van der Waals surface area contributed by atoms with E-state index in [0.717, 1.165) is 33.8 Å². The molecule has 0 N–H and O–H groups in total. The molecule has 1 aromatic carbocycles. The number of rotatable bonds is 3.